The Kier molecular flexibility index (Phi) is 8.86. The highest BCUT2D eigenvalue weighted by Gasteiger charge is 2.15. The van der Waals surface area contributed by atoms with Gasteiger partial charge in [0.2, 0.25) is 0 Å². The Labute approximate surface area is 183 Å². The molecule has 2 heterocycles. The van der Waals surface area contributed by atoms with Crippen molar-refractivity contribution in [3.63, 3.8) is 0 Å². The van der Waals surface area contributed by atoms with Gasteiger partial charge in [0.25, 0.3) is 5.91 Å². The van der Waals surface area contributed by atoms with Gasteiger partial charge in [-0.15, -0.1) is 11.3 Å². The van der Waals surface area contributed by atoms with Gasteiger partial charge < -0.3 is 15.4 Å². The second kappa shape index (κ2) is 11.8. The first-order valence-electron chi connectivity index (χ1n) is 10.7. The van der Waals surface area contributed by atoms with Crippen LogP contribution in [0.4, 0.5) is 5.13 Å². The summed E-state index contributed by atoms with van der Waals surface area (Å²) in [5.74, 6) is 1.17. The number of hydrogen-bond donors (Lipinski definition) is 3. The van der Waals surface area contributed by atoms with Gasteiger partial charge >= 0.3 is 0 Å². The van der Waals surface area contributed by atoms with Crippen molar-refractivity contribution >= 4 is 22.4 Å². The molecule has 1 aromatic heterocycles. The van der Waals surface area contributed by atoms with Crippen LogP contribution >= 0.6 is 11.3 Å². The molecule has 6 nitrogen and oxygen atoms in total. The average molecular weight is 429 g/mol. The molecule has 1 aliphatic heterocycles. The lowest BCUT2D eigenvalue weighted by Crippen LogP contribution is -2.24. The first-order valence-corrected chi connectivity index (χ1v) is 11.6. The Hall–Kier alpha value is -2.22. The fourth-order valence-corrected chi connectivity index (χ4v) is 4.19. The molecule has 162 valence electrons. The molecule has 1 unspecified atom stereocenters. The molecule has 30 heavy (non-hydrogen) atoms. The number of thiazole rings is 1. The SMILES string of the molecule is C=CCOc1cc(CNCC2CCNC2)cc(C(=O)Nc2nc(CCCC)cs2)c1. The van der Waals surface area contributed by atoms with Gasteiger partial charge in [-0.05, 0) is 68.6 Å². The second-order valence-electron chi connectivity index (χ2n) is 7.66. The molecule has 1 atom stereocenters. The number of carbonyl (C=O) groups excluding carboxylic acids is 1. The zero-order chi connectivity index (χ0) is 21.2. The predicted octanol–water partition coefficient (Wildman–Crippen LogP) is 4.00. The van der Waals surface area contributed by atoms with E-state index in [1.807, 2.05) is 17.5 Å². The molecule has 1 saturated heterocycles. The molecule has 3 N–H and O–H groups in total. The molecule has 0 aliphatic carbocycles. The summed E-state index contributed by atoms with van der Waals surface area (Å²) in [5, 5.41) is 12.5. The number of unbranched alkanes of at least 4 members (excludes halogenated alkanes) is 1. The number of anilines is 1. The highest BCUT2D eigenvalue weighted by atomic mass is 32.1. The van der Waals surface area contributed by atoms with Gasteiger partial charge in [-0.25, -0.2) is 4.98 Å². The van der Waals surface area contributed by atoms with Gasteiger partial charge in [0.05, 0.1) is 5.69 Å². The summed E-state index contributed by atoms with van der Waals surface area (Å²) in [6.07, 6.45) is 6.08. The minimum absolute atomic E-state index is 0.170. The molecule has 0 saturated carbocycles. The van der Waals surface area contributed by atoms with E-state index in [0.717, 1.165) is 50.2 Å². The van der Waals surface area contributed by atoms with Gasteiger partial charge in [-0.3, -0.25) is 10.1 Å². The monoisotopic (exact) mass is 428 g/mol. The number of benzene rings is 1. The molecule has 7 heteroatoms. The molecule has 0 spiro atoms. The lowest BCUT2D eigenvalue weighted by molar-refractivity contribution is 0.102. The maximum atomic E-state index is 12.8. The van der Waals surface area contributed by atoms with E-state index in [-0.39, 0.29) is 5.91 Å². The van der Waals surface area contributed by atoms with Crippen LogP contribution in [0.5, 0.6) is 5.75 Å². The Morgan fingerprint density at radius 3 is 3.10 bits per heavy atom. The van der Waals surface area contributed by atoms with Gasteiger partial charge in [-0.1, -0.05) is 26.0 Å². The van der Waals surface area contributed by atoms with Gasteiger partial charge in [0.1, 0.15) is 12.4 Å². The minimum atomic E-state index is -0.170. The number of nitrogens with zero attached hydrogens (tertiary/aromatic N) is 1. The zero-order valence-electron chi connectivity index (χ0n) is 17.7. The highest BCUT2D eigenvalue weighted by Crippen LogP contribution is 2.21. The van der Waals surface area contributed by atoms with E-state index in [2.05, 4.69) is 34.4 Å². The van der Waals surface area contributed by atoms with Crippen molar-refractivity contribution in [2.24, 2.45) is 5.92 Å². The Morgan fingerprint density at radius 2 is 2.33 bits per heavy atom. The van der Waals surface area contributed by atoms with Gasteiger partial charge in [-0.2, -0.15) is 0 Å². The minimum Gasteiger partial charge on any atom is -0.490 e. The molecule has 3 rings (SSSR count). The lowest BCUT2D eigenvalue weighted by Gasteiger charge is -2.13. The van der Waals surface area contributed by atoms with Crippen LogP contribution in [0, 0.1) is 5.92 Å². The van der Waals surface area contributed by atoms with E-state index in [1.165, 1.54) is 17.8 Å². The molecule has 1 aromatic carbocycles. The third-order valence-corrected chi connectivity index (χ3v) is 5.89. The van der Waals surface area contributed by atoms with Gasteiger partial charge in [0, 0.05) is 17.5 Å². The van der Waals surface area contributed by atoms with Crippen LogP contribution < -0.4 is 20.7 Å². The van der Waals surface area contributed by atoms with Crippen molar-refractivity contribution in [1.29, 1.82) is 0 Å². The number of amides is 1. The fraction of sp³-hybridized carbons (Fsp3) is 0.478. The Balaban J connectivity index is 1.65. The molecule has 1 fully saturated rings. The summed E-state index contributed by atoms with van der Waals surface area (Å²) in [4.78, 5) is 17.4. The van der Waals surface area contributed by atoms with Crippen LogP contribution in [-0.4, -0.2) is 37.1 Å². The number of nitrogens with one attached hydrogen (secondary N) is 3. The van der Waals surface area contributed by atoms with Crippen molar-refractivity contribution in [3.05, 3.63) is 53.1 Å². The molecule has 1 aliphatic rings. The third kappa shape index (κ3) is 6.93. The number of rotatable bonds is 12. The molecular weight excluding hydrogens is 396 g/mol. The number of aryl methyl sites for hydroxylation is 1. The van der Waals surface area contributed by atoms with E-state index in [0.29, 0.717) is 35.5 Å². The topological polar surface area (TPSA) is 75.3 Å². The normalized spacial score (nSPS) is 15.8. The van der Waals surface area contributed by atoms with Crippen molar-refractivity contribution in [1.82, 2.24) is 15.6 Å². The number of ether oxygens (including phenoxy) is 1. The van der Waals surface area contributed by atoms with E-state index in [9.17, 15) is 4.79 Å². The fourth-order valence-electron chi connectivity index (χ4n) is 3.45. The summed E-state index contributed by atoms with van der Waals surface area (Å²) in [6.45, 7) is 10.1. The standard InChI is InChI=1S/C23H32N4O2S/c1-3-5-6-20-16-30-23(26-20)27-22(28)19-10-18(11-21(12-19)29-9-4-2)15-25-14-17-7-8-24-13-17/h4,10-12,16-17,24-25H,2-3,5-9,13-15H2,1H3,(H,26,27,28). The van der Waals surface area contributed by atoms with Crippen LogP contribution in [0.15, 0.2) is 36.2 Å². The van der Waals surface area contributed by atoms with Crippen molar-refractivity contribution in [2.75, 3.05) is 31.6 Å². The molecule has 2 aromatic rings. The largest absolute Gasteiger partial charge is 0.490 e. The van der Waals surface area contributed by atoms with Crippen LogP contribution in [0.25, 0.3) is 0 Å². The van der Waals surface area contributed by atoms with Gasteiger partial charge in [0.15, 0.2) is 5.13 Å². The Bertz CT molecular complexity index is 830. The molecule has 0 bridgehead atoms. The summed E-state index contributed by atoms with van der Waals surface area (Å²) < 4.78 is 5.72. The summed E-state index contributed by atoms with van der Waals surface area (Å²) in [6, 6.07) is 5.67. The molecule has 1 amide bonds. The summed E-state index contributed by atoms with van der Waals surface area (Å²) in [7, 11) is 0. The first kappa shape index (κ1) is 22.5. The van der Waals surface area contributed by atoms with E-state index in [1.54, 1.807) is 12.1 Å². The lowest BCUT2D eigenvalue weighted by atomic mass is 10.1. The Morgan fingerprint density at radius 1 is 1.43 bits per heavy atom. The molecular formula is C23H32N4O2S. The highest BCUT2D eigenvalue weighted by molar-refractivity contribution is 7.14. The summed E-state index contributed by atoms with van der Waals surface area (Å²) in [5.41, 5.74) is 2.63. The smallest absolute Gasteiger partial charge is 0.257 e. The molecule has 0 radical (unpaired) electrons. The van der Waals surface area contributed by atoms with E-state index < -0.39 is 0 Å². The van der Waals surface area contributed by atoms with Crippen LogP contribution in [0.1, 0.15) is 47.8 Å². The van der Waals surface area contributed by atoms with E-state index in [4.69, 9.17) is 4.74 Å². The van der Waals surface area contributed by atoms with Crippen LogP contribution in [0.3, 0.4) is 0 Å². The van der Waals surface area contributed by atoms with Crippen molar-refractivity contribution in [3.8, 4) is 5.75 Å². The predicted molar refractivity (Wildman–Crippen MR) is 123 cm³/mol. The zero-order valence-corrected chi connectivity index (χ0v) is 18.5. The van der Waals surface area contributed by atoms with Crippen LogP contribution in [0.2, 0.25) is 0 Å². The number of aromatic nitrogens is 1. The maximum Gasteiger partial charge on any atom is 0.257 e. The third-order valence-electron chi connectivity index (χ3n) is 5.08. The van der Waals surface area contributed by atoms with Crippen LogP contribution in [-0.2, 0) is 13.0 Å². The average Bonchev–Trinajstić information content (AvgIpc) is 3.43. The second-order valence-corrected chi connectivity index (χ2v) is 8.51. The first-order chi connectivity index (χ1) is 14.7. The van der Waals surface area contributed by atoms with E-state index >= 15 is 0 Å². The van der Waals surface area contributed by atoms with Crippen molar-refractivity contribution < 1.29 is 9.53 Å². The summed E-state index contributed by atoms with van der Waals surface area (Å²) >= 11 is 1.47. The maximum absolute atomic E-state index is 12.8. The van der Waals surface area contributed by atoms with Crippen molar-refractivity contribution in [2.45, 2.75) is 39.2 Å². The quantitative estimate of drug-likeness (QED) is 0.446. The number of carbonyl (C=O) groups is 1. The number of hydrogen-bond acceptors (Lipinski definition) is 6.